The van der Waals surface area contributed by atoms with Gasteiger partial charge in [-0.25, -0.2) is 5.43 Å². The summed E-state index contributed by atoms with van der Waals surface area (Å²) in [5.41, 5.74) is 8.07. The Hall–Kier alpha value is -1.10. The van der Waals surface area contributed by atoms with E-state index in [0.29, 0.717) is 23.9 Å². The Kier molecular flexibility index (Phi) is 5.40. The van der Waals surface area contributed by atoms with Gasteiger partial charge >= 0.3 is 0 Å². The lowest BCUT2D eigenvalue weighted by Gasteiger charge is -2.19. The molecule has 4 nitrogen and oxygen atoms in total. The first-order valence-electron chi connectivity index (χ1n) is 7.50. The molecule has 1 aliphatic heterocycles. The molecule has 0 radical (unpaired) electrons. The highest BCUT2D eigenvalue weighted by atomic mass is 16.5. The van der Waals surface area contributed by atoms with Gasteiger partial charge in [-0.3, -0.25) is 5.43 Å². The number of hydrogen-bond donors (Lipinski definition) is 3. The van der Waals surface area contributed by atoms with Crippen LogP contribution in [0.2, 0.25) is 0 Å². The fraction of sp³-hybridized carbons (Fsp3) is 0.625. The Morgan fingerprint density at radius 2 is 1.90 bits per heavy atom. The first-order valence-corrected chi connectivity index (χ1v) is 7.50. The predicted octanol–water partition coefficient (Wildman–Crippen LogP) is 2.09. The molecule has 0 spiro atoms. The second-order valence-electron chi connectivity index (χ2n) is 6.06. The highest BCUT2D eigenvalue weighted by molar-refractivity contribution is 5.30. The molecule has 1 aliphatic rings. The van der Waals surface area contributed by atoms with Crippen LogP contribution in [0.1, 0.15) is 32.4 Å². The number of ether oxygens (including phenoxy) is 1. The summed E-state index contributed by atoms with van der Waals surface area (Å²) >= 11 is 0. The van der Waals surface area contributed by atoms with Gasteiger partial charge in [-0.15, -0.1) is 0 Å². The Bertz CT molecular complexity index is 405. The summed E-state index contributed by atoms with van der Waals surface area (Å²) in [6.07, 6.45) is 0. The maximum absolute atomic E-state index is 5.73. The van der Waals surface area contributed by atoms with Gasteiger partial charge in [-0.2, -0.15) is 0 Å². The molecule has 0 aromatic heterocycles. The standard InChI is InChI=1S/C16H27N3O/c1-11(2)10-20-14-7-5-13(6-8-14)16-12(3)15(9-17-4)18-19-16/h5-8,11-12,15-19H,9-10H2,1-4H3. The maximum Gasteiger partial charge on any atom is 0.119 e. The van der Waals surface area contributed by atoms with E-state index in [9.17, 15) is 0 Å². The lowest BCUT2D eigenvalue weighted by atomic mass is 9.91. The van der Waals surface area contributed by atoms with Crippen LogP contribution in [-0.4, -0.2) is 26.2 Å². The van der Waals surface area contributed by atoms with Crippen molar-refractivity contribution in [3.05, 3.63) is 29.8 Å². The molecule has 0 saturated carbocycles. The van der Waals surface area contributed by atoms with Gasteiger partial charge in [0.25, 0.3) is 0 Å². The van der Waals surface area contributed by atoms with E-state index in [0.717, 1.165) is 18.9 Å². The van der Waals surface area contributed by atoms with Gasteiger partial charge in [-0.1, -0.05) is 32.9 Å². The van der Waals surface area contributed by atoms with E-state index >= 15 is 0 Å². The van der Waals surface area contributed by atoms with Crippen molar-refractivity contribution in [1.82, 2.24) is 16.2 Å². The summed E-state index contributed by atoms with van der Waals surface area (Å²) in [6, 6.07) is 9.27. The van der Waals surface area contributed by atoms with Gasteiger partial charge in [0.2, 0.25) is 0 Å². The molecule has 20 heavy (non-hydrogen) atoms. The van der Waals surface area contributed by atoms with Crippen molar-refractivity contribution in [3.63, 3.8) is 0 Å². The van der Waals surface area contributed by atoms with Gasteiger partial charge in [-0.05, 0) is 36.6 Å². The molecule has 1 aromatic rings. The fourth-order valence-electron chi connectivity index (χ4n) is 2.57. The van der Waals surface area contributed by atoms with E-state index in [4.69, 9.17) is 4.74 Å². The smallest absolute Gasteiger partial charge is 0.119 e. The van der Waals surface area contributed by atoms with Crippen LogP contribution >= 0.6 is 0 Å². The van der Waals surface area contributed by atoms with Gasteiger partial charge < -0.3 is 10.1 Å². The van der Waals surface area contributed by atoms with Crippen LogP contribution in [0.5, 0.6) is 5.75 Å². The Morgan fingerprint density at radius 3 is 2.50 bits per heavy atom. The van der Waals surface area contributed by atoms with Gasteiger partial charge in [0.05, 0.1) is 12.6 Å². The predicted molar refractivity (Wildman–Crippen MR) is 82.7 cm³/mol. The highest BCUT2D eigenvalue weighted by Gasteiger charge is 2.32. The third-order valence-electron chi connectivity index (χ3n) is 3.83. The zero-order valence-corrected chi connectivity index (χ0v) is 12.9. The normalized spacial score (nSPS) is 26.1. The maximum atomic E-state index is 5.73. The Labute approximate surface area is 122 Å². The molecule has 2 rings (SSSR count). The summed E-state index contributed by atoms with van der Waals surface area (Å²) in [7, 11) is 1.99. The molecule has 1 heterocycles. The van der Waals surface area contributed by atoms with Crippen LogP contribution in [0.4, 0.5) is 0 Å². The monoisotopic (exact) mass is 277 g/mol. The van der Waals surface area contributed by atoms with E-state index in [1.165, 1.54) is 5.56 Å². The minimum Gasteiger partial charge on any atom is -0.493 e. The first kappa shape index (κ1) is 15.3. The van der Waals surface area contributed by atoms with Crippen molar-refractivity contribution in [1.29, 1.82) is 0 Å². The molecule has 3 unspecified atom stereocenters. The van der Waals surface area contributed by atoms with E-state index in [1.54, 1.807) is 0 Å². The average molecular weight is 277 g/mol. The summed E-state index contributed by atoms with van der Waals surface area (Å²) < 4.78 is 5.73. The van der Waals surface area contributed by atoms with Gasteiger partial charge in [0.15, 0.2) is 0 Å². The van der Waals surface area contributed by atoms with Crippen molar-refractivity contribution in [3.8, 4) is 5.75 Å². The third kappa shape index (κ3) is 3.72. The highest BCUT2D eigenvalue weighted by Crippen LogP contribution is 2.29. The molecule has 0 amide bonds. The van der Waals surface area contributed by atoms with E-state index in [1.807, 2.05) is 7.05 Å². The minimum absolute atomic E-state index is 0.354. The summed E-state index contributed by atoms with van der Waals surface area (Å²) in [6.45, 7) is 8.34. The molecule has 0 aliphatic carbocycles. The average Bonchev–Trinajstić information content (AvgIpc) is 2.79. The Balaban J connectivity index is 1.96. The molecule has 3 atom stereocenters. The Morgan fingerprint density at radius 1 is 1.20 bits per heavy atom. The minimum atomic E-state index is 0.354. The van der Waals surface area contributed by atoms with Crippen LogP contribution in [-0.2, 0) is 0 Å². The number of benzene rings is 1. The molecule has 0 bridgehead atoms. The molecule has 1 fully saturated rings. The zero-order valence-electron chi connectivity index (χ0n) is 12.9. The van der Waals surface area contributed by atoms with Crippen molar-refractivity contribution in [2.24, 2.45) is 11.8 Å². The van der Waals surface area contributed by atoms with E-state index in [2.05, 4.69) is 61.2 Å². The lowest BCUT2D eigenvalue weighted by molar-refractivity contribution is 0.271. The van der Waals surface area contributed by atoms with Crippen molar-refractivity contribution < 1.29 is 4.74 Å². The molecule has 3 N–H and O–H groups in total. The second-order valence-corrected chi connectivity index (χ2v) is 6.06. The van der Waals surface area contributed by atoms with Crippen molar-refractivity contribution >= 4 is 0 Å². The molecule has 112 valence electrons. The molecular formula is C16H27N3O. The number of hydrazine groups is 1. The van der Waals surface area contributed by atoms with Crippen LogP contribution < -0.4 is 20.9 Å². The zero-order chi connectivity index (χ0) is 14.5. The number of rotatable bonds is 6. The van der Waals surface area contributed by atoms with E-state index in [-0.39, 0.29) is 0 Å². The number of likely N-dealkylation sites (N-methyl/N-ethyl adjacent to an activating group) is 1. The number of hydrogen-bond acceptors (Lipinski definition) is 4. The summed E-state index contributed by atoms with van der Waals surface area (Å²) in [5.74, 6) is 2.05. The van der Waals surface area contributed by atoms with Crippen molar-refractivity contribution in [2.75, 3.05) is 20.2 Å². The van der Waals surface area contributed by atoms with E-state index < -0.39 is 0 Å². The van der Waals surface area contributed by atoms with Gasteiger partial charge in [0.1, 0.15) is 5.75 Å². The van der Waals surface area contributed by atoms with Crippen LogP contribution in [0, 0.1) is 11.8 Å². The molecule has 1 saturated heterocycles. The van der Waals surface area contributed by atoms with Crippen LogP contribution in [0.15, 0.2) is 24.3 Å². The second kappa shape index (κ2) is 7.07. The topological polar surface area (TPSA) is 45.3 Å². The number of nitrogens with one attached hydrogen (secondary N) is 3. The fourth-order valence-corrected chi connectivity index (χ4v) is 2.57. The van der Waals surface area contributed by atoms with Crippen molar-refractivity contribution in [2.45, 2.75) is 32.9 Å². The SMILES string of the molecule is CNCC1NNC(c2ccc(OCC(C)C)cc2)C1C. The van der Waals surface area contributed by atoms with Gasteiger partial charge in [0, 0.05) is 12.6 Å². The third-order valence-corrected chi connectivity index (χ3v) is 3.83. The lowest BCUT2D eigenvalue weighted by Crippen LogP contribution is -2.38. The first-order chi connectivity index (χ1) is 9.61. The van der Waals surface area contributed by atoms with Crippen LogP contribution in [0.3, 0.4) is 0 Å². The summed E-state index contributed by atoms with van der Waals surface area (Å²) in [5, 5.41) is 3.23. The molecular weight excluding hydrogens is 250 g/mol. The van der Waals surface area contributed by atoms with Crippen LogP contribution in [0.25, 0.3) is 0 Å². The molecule has 4 heteroatoms. The quantitative estimate of drug-likeness (QED) is 0.745. The largest absolute Gasteiger partial charge is 0.493 e. The summed E-state index contributed by atoms with van der Waals surface area (Å²) in [4.78, 5) is 0. The molecule has 1 aromatic carbocycles.